The topological polar surface area (TPSA) is 84.2 Å². The number of aryl methyl sites for hydroxylation is 1. The van der Waals surface area contributed by atoms with E-state index in [1.165, 1.54) is 10.00 Å². The fourth-order valence-electron chi connectivity index (χ4n) is 5.89. The Balaban J connectivity index is 1.22. The van der Waals surface area contributed by atoms with Crippen molar-refractivity contribution in [2.45, 2.75) is 61.8 Å². The van der Waals surface area contributed by atoms with Gasteiger partial charge in [0.15, 0.2) is 0 Å². The van der Waals surface area contributed by atoms with E-state index in [0.29, 0.717) is 23.4 Å². The van der Waals surface area contributed by atoms with E-state index in [1.54, 1.807) is 12.3 Å². The molecule has 2 aliphatic carbocycles. The van der Waals surface area contributed by atoms with Gasteiger partial charge in [-0.2, -0.15) is 4.31 Å². The fraction of sp³-hybridized carbons (Fsp3) is 0.682. The first kappa shape index (κ1) is 22.8. The molecule has 2 saturated heterocycles. The van der Waals surface area contributed by atoms with Gasteiger partial charge in [-0.05, 0) is 66.9 Å². The number of nitrogens with zero attached hydrogens (tertiary/aromatic N) is 6. The van der Waals surface area contributed by atoms with Gasteiger partial charge in [-0.3, -0.25) is 0 Å². The first-order chi connectivity index (χ1) is 16.3. The maximum absolute atomic E-state index is 13.9. The van der Waals surface area contributed by atoms with Crippen LogP contribution < -0.4 is 4.90 Å². The van der Waals surface area contributed by atoms with E-state index in [-0.39, 0.29) is 30.4 Å². The molecule has 0 N–H and O–H groups in total. The maximum Gasteiger partial charge on any atom is 0.256 e. The highest BCUT2D eigenvalue weighted by Crippen LogP contribution is 2.59. The van der Waals surface area contributed by atoms with Gasteiger partial charge in [0.2, 0.25) is 10.0 Å². The smallest absolute Gasteiger partial charge is 0.256 e. The Morgan fingerprint density at radius 1 is 1.06 bits per heavy atom. The van der Waals surface area contributed by atoms with Gasteiger partial charge < -0.3 is 4.90 Å². The number of alkyl halides is 2. The molecule has 0 bridgehead atoms. The standard InChI is InChI=1S/C22H27BrF2N6O2S/c23-14-11-20(34(32,33)30-10-7-16-17(13-30)22(16,24)25)21(26-12-14)29-8-5-15(6-9-29)31-19-4-2-1-3-18(19)27-28-31/h11-12,15-17H,1-10,13H2. The molecule has 2 aromatic heterocycles. The number of fused-ring (bicyclic) bond motifs is 2. The lowest BCUT2D eigenvalue weighted by molar-refractivity contribution is 0.0861. The van der Waals surface area contributed by atoms with Gasteiger partial charge in [0, 0.05) is 48.7 Å². The van der Waals surface area contributed by atoms with Gasteiger partial charge in [0.25, 0.3) is 5.92 Å². The molecule has 34 heavy (non-hydrogen) atoms. The molecule has 2 atom stereocenters. The number of hydrogen-bond acceptors (Lipinski definition) is 6. The summed E-state index contributed by atoms with van der Waals surface area (Å²) >= 11 is 3.34. The number of halogens is 3. The van der Waals surface area contributed by atoms with Crippen LogP contribution in [0.3, 0.4) is 0 Å². The van der Waals surface area contributed by atoms with Crippen molar-refractivity contribution >= 4 is 31.8 Å². The van der Waals surface area contributed by atoms with Crippen LogP contribution >= 0.6 is 15.9 Å². The molecule has 184 valence electrons. The Morgan fingerprint density at radius 2 is 1.82 bits per heavy atom. The highest BCUT2D eigenvalue weighted by molar-refractivity contribution is 9.10. The third kappa shape index (κ3) is 3.67. The van der Waals surface area contributed by atoms with E-state index in [9.17, 15) is 17.2 Å². The van der Waals surface area contributed by atoms with Gasteiger partial charge in [-0.25, -0.2) is 26.9 Å². The molecule has 12 heteroatoms. The molecule has 2 aromatic rings. The second-order valence-electron chi connectivity index (χ2n) is 9.87. The van der Waals surface area contributed by atoms with Crippen molar-refractivity contribution in [3.05, 3.63) is 28.1 Å². The summed E-state index contributed by atoms with van der Waals surface area (Å²) in [6.45, 7) is 1.26. The first-order valence-corrected chi connectivity index (χ1v) is 14.2. The SMILES string of the molecule is O=S(=O)(c1cc(Br)cnc1N1CCC(n2nnc3c2CCCC3)CC1)N1CCC2C(C1)C2(F)F. The summed E-state index contributed by atoms with van der Waals surface area (Å²) < 4.78 is 58.8. The van der Waals surface area contributed by atoms with E-state index < -0.39 is 27.8 Å². The van der Waals surface area contributed by atoms with Crippen molar-refractivity contribution in [1.82, 2.24) is 24.3 Å². The fourth-order valence-corrected chi connectivity index (χ4v) is 8.05. The Hall–Kier alpha value is -1.66. The lowest BCUT2D eigenvalue weighted by atomic mass is 9.99. The summed E-state index contributed by atoms with van der Waals surface area (Å²) in [4.78, 5) is 6.55. The highest BCUT2D eigenvalue weighted by atomic mass is 79.9. The second-order valence-corrected chi connectivity index (χ2v) is 12.7. The van der Waals surface area contributed by atoms with Crippen molar-refractivity contribution in [1.29, 1.82) is 0 Å². The summed E-state index contributed by atoms with van der Waals surface area (Å²) in [6.07, 6.45) is 7.73. The van der Waals surface area contributed by atoms with Crippen LogP contribution in [-0.2, 0) is 22.9 Å². The molecule has 8 nitrogen and oxygen atoms in total. The summed E-state index contributed by atoms with van der Waals surface area (Å²) in [5.74, 6) is -3.90. The van der Waals surface area contributed by atoms with Gasteiger partial charge in [0.05, 0.1) is 17.4 Å². The summed E-state index contributed by atoms with van der Waals surface area (Å²) in [7, 11) is -3.95. The Bertz CT molecular complexity index is 1210. The minimum Gasteiger partial charge on any atom is -0.355 e. The summed E-state index contributed by atoms with van der Waals surface area (Å²) in [5, 5.41) is 8.81. The predicted octanol–water partition coefficient (Wildman–Crippen LogP) is 3.43. The molecule has 0 radical (unpaired) electrons. The molecule has 4 heterocycles. The number of hydrogen-bond donors (Lipinski definition) is 0. The van der Waals surface area contributed by atoms with Crippen molar-refractivity contribution < 1.29 is 17.2 Å². The van der Waals surface area contributed by atoms with Gasteiger partial charge in [-0.15, -0.1) is 5.10 Å². The molecule has 3 fully saturated rings. The third-order valence-electron chi connectivity index (χ3n) is 7.93. The molecule has 6 rings (SSSR count). The molecule has 0 amide bonds. The number of rotatable bonds is 4. The molecular weight excluding hydrogens is 530 g/mol. The van der Waals surface area contributed by atoms with Gasteiger partial charge in [0.1, 0.15) is 10.7 Å². The van der Waals surface area contributed by atoms with E-state index in [0.717, 1.165) is 44.2 Å². The summed E-state index contributed by atoms with van der Waals surface area (Å²) in [6, 6.07) is 1.78. The zero-order valence-corrected chi connectivity index (χ0v) is 21.1. The van der Waals surface area contributed by atoms with Crippen LogP contribution in [0.1, 0.15) is 49.5 Å². The van der Waals surface area contributed by atoms with E-state index in [2.05, 4.69) is 35.9 Å². The van der Waals surface area contributed by atoms with E-state index >= 15 is 0 Å². The van der Waals surface area contributed by atoms with Gasteiger partial charge >= 0.3 is 0 Å². The third-order valence-corrected chi connectivity index (χ3v) is 10.2. The molecule has 0 spiro atoms. The van der Waals surface area contributed by atoms with Crippen molar-refractivity contribution in [2.75, 3.05) is 31.1 Å². The Labute approximate surface area is 205 Å². The number of piperidine rings is 2. The Morgan fingerprint density at radius 3 is 2.59 bits per heavy atom. The molecule has 2 aliphatic heterocycles. The minimum absolute atomic E-state index is 0.0841. The predicted molar refractivity (Wildman–Crippen MR) is 124 cm³/mol. The number of anilines is 1. The minimum atomic E-state index is -3.95. The van der Waals surface area contributed by atoms with Crippen LogP contribution in [0.4, 0.5) is 14.6 Å². The van der Waals surface area contributed by atoms with Crippen LogP contribution in [0, 0.1) is 11.8 Å². The first-order valence-electron chi connectivity index (χ1n) is 12.0. The molecule has 2 unspecified atom stereocenters. The average molecular weight is 557 g/mol. The molecular formula is C22H27BrF2N6O2S. The van der Waals surface area contributed by atoms with Crippen molar-refractivity contribution in [3.63, 3.8) is 0 Å². The average Bonchev–Trinajstić information content (AvgIpc) is 3.16. The normalized spacial score (nSPS) is 27.3. The van der Waals surface area contributed by atoms with Crippen molar-refractivity contribution in [2.24, 2.45) is 11.8 Å². The second kappa shape index (κ2) is 8.19. The monoisotopic (exact) mass is 556 g/mol. The zero-order valence-electron chi connectivity index (χ0n) is 18.7. The molecule has 0 aromatic carbocycles. The largest absolute Gasteiger partial charge is 0.355 e. The van der Waals surface area contributed by atoms with Crippen LogP contribution in [0.25, 0.3) is 0 Å². The summed E-state index contributed by atoms with van der Waals surface area (Å²) in [5.41, 5.74) is 2.36. The van der Waals surface area contributed by atoms with Crippen molar-refractivity contribution in [3.8, 4) is 0 Å². The quantitative estimate of drug-likeness (QED) is 0.573. The number of sulfonamides is 1. The number of aromatic nitrogens is 4. The van der Waals surface area contributed by atoms with Crippen LogP contribution in [-0.4, -0.2) is 64.8 Å². The van der Waals surface area contributed by atoms with Crippen LogP contribution in [0.5, 0.6) is 0 Å². The lowest BCUT2D eigenvalue weighted by Crippen LogP contribution is -2.40. The number of pyridine rings is 1. The maximum atomic E-state index is 13.9. The molecule has 4 aliphatic rings. The lowest BCUT2D eigenvalue weighted by Gasteiger charge is -2.35. The van der Waals surface area contributed by atoms with E-state index in [1.807, 2.05) is 4.90 Å². The zero-order chi connectivity index (χ0) is 23.7. The van der Waals surface area contributed by atoms with E-state index in [4.69, 9.17) is 0 Å². The Kier molecular flexibility index (Phi) is 5.49. The van der Waals surface area contributed by atoms with Crippen LogP contribution in [0.2, 0.25) is 0 Å². The highest BCUT2D eigenvalue weighted by Gasteiger charge is 2.69. The van der Waals surface area contributed by atoms with Crippen LogP contribution in [0.15, 0.2) is 21.6 Å². The molecule has 1 saturated carbocycles. The van der Waals surface area contributed by atoms with Gasteiger partial charge in [-0.1, -0.05) is 5.21 Å².